The first-order valence-corrected chi connectivity index (χ1v) is 6.92. The Morgan fingerprint density at radius 2 is 2.10 bits per heavy atom. The van der Waals surface area contributed by atoms with Crippen molar-refractivity contribution in [1.29, 1.82) is 0 Å². The maximum Gasteiger partial charge on any atom is 0.272 e. The molecule has 0 aliphatic carbocycles. The summed E-state index contributed by atoms with van der Waals surface area (Å²) in [5.74, 6) is 0.282. The van der Waals surface area contributed by atoms with E-state index in [4.69, 9.17) is 22.1 Å². The van der Waals surface area contributed by atoms with Crippen molar-refractivity contribution in [2.45, 2.75) is 19.9 Å². The molecule has 1 amide bonds. The summed E-state index contributed by atoms with van der Waals surface area (Å²) >= 11 is 5.96. The molecule has 3 N–H and O–H groups in total. The molecule has 5 nitrogen and oxygen atoms in total. The number of benzene rings is 1. The Hall–Kier alpha value is -2.14. The summed E-state index contributed by atoms with van der Waals surface area (Å²) in [6.07, 6.45) is 1.74. The highest BCUT2D eigenvalue weighted by atomic mass is 35.5. The first-order chi connectivity index (χ1) is 9.92. The fourth-order valence-electron chi connectivity index (χ4n) is 2.07. The lowest BCUT2D eigenvalue weighted by atomic mass is 10.2. The second-order valence-corrected chi connectivity index (χ2v) is 5.39. The molecule has 2 aromatic rings. The molecule has 1 heterocycles. The number of rotatable bonds is 4. The monoisotopic (exact) mass is 307 g/mol. The van der Waals surface area contributed by atoms with Gasteiger partial charge in [0.2, 0.25) is 0 Å². The van der Waals surface area contributed by atoms with Crippen molar-refractivity contribution in [2.75, 3.05) is 18.2 Å². The number of nitrogens with two attached hydrogens (primary N) is 1. The van der Waals surface area contributed by atoms with Crippen LogP contribution >= 0.6 is 11.6 Å². The van der Waals surface area contributed by atoms with Crippen LogP contribution in [0.4, 0.5) is 11.4 Å². The Morgan fingerprint density at radius 1 is 1.38 bits per heavy atom. The molecule has 0 aliphatic rings. The number of halogens is 1. The Bertz CT molecular complexity index is 665. The molecule has 6 heteroatoms. The number of nitrogens with one attached hydrogen (secondary N) is 1. The van der Waals surface area contributed by atoms with Gasteiger partial charge in [0.05, 0.1) is 18.5 Å². The molecule has 0 unspecified atom stereocenters. The summed E-state index contributed by atoms with van der Waals surface area (Å²) in [6, 6.07) is 6.82. The normalized spacial score (nSPS) is 10.7. The molecule has 0 aliphatic heterocycles. The Morgan fingerprint density at radius 3 is 2.71 bits per heavy atom. The summed E-state index contributed by atoms with van der Waals surface area (Å²) in [7, 11) is 1.54. The lowest BCUT2D eigenvalue weighted by Crippen LogP contribution is -2.18. The van der Waals surface area contributed by atoms with Crippen LogP contribution in [0.15, 0.2) is 30.5 Å². The van der Waals surface area contributed by atoms with Gasteiger partial charge in [-0.25, -0.2) is 0 Å². The maximum absolute atomic E-state index is 12.4. The molecule has 21 heavy (non-hydrogen) atoms. The van der Waals surface area contributed by atoms with Gasteiger partial charge in [-0.1, -0.05) is 11.6 Å². The molecular formula is C15H18ClN3O2. The van der Waals surface area contributed by atoms with Crippen LogP contribution < -0.4 is 15.8 Å². The number of ether oxygens (including phenoxy) is 1. The van der Waals surface area contributed by atoms with Crippen molar-refractivity contribution in [3.05, 3.63) is 41.2 Å². The number of nitrogens with zero attached hydrogens (tertiary/aromatic N) is 1. The maximum atomic E-state index is 12.4. The number of carbonyl (C=O) groups excluding carboxylic acids is 1. The predicted octanol–water partition coefficient (Wildman–Crippen LogP) is 3.57. The third-order valence-electron chi connectivity index (χ3n) is 3.07. The van der Waals surface area contributed by atoms with E-state index in [2.05, 4.69) is 5.32 Å². The Labute approximate surface area is 128 Å². The molecule has 0 radical (unpaired) electrons. The highest BCUT2D eigenvalue weighted by Crippen LogP contribution is 2.28. The van der Waals surface area contributed by atoms with Crippen molar-refractivity contribution in [3.63, 3.8) is 0 Å². The number of anilines is 2. The summed E-state index contributed by atoms with van der Waals surface area (Å²) in [4.78, 5) is 12.4. The van der Waals surface area contributed by atoms with E-state index < -0.39 is 0 Å². The SMILES string of the molecule is COc1ccc(Cl)cc1NC(=O)c1cc(N)cn1C(C)C. The Kier molecular flexibility index (Phi) is 4.43. The van der Waals surface area contributed by atoms with Crippen LogP contribution in [-0.4, -0.2) is 17.6 Å². The second kappa shape index (κ2) is 6.10. The quantitative estimate of drug-likeness (QED) is 0.907. The molecule has 1 aromatic carbocycles. The minimum Gasteiger partial charge on any atom is -0.495 e. The number of methoxy groups -OCH3 is 1. The van der Waals surface area contributed by atoms with E-state index in [9.17, 15) is 4.79 Å². The average molecular weight is 308 g/mol. The zero-order valence-electron chi connectivity index (χ0n) is 12.2. The van der Waals surface area contributed by atoms with Crippen LogP contribution in [0.3, 0.4) is 0 Å². The van der Waals surface area contributed by atoms with E-state index in [1.165, 1.54) is 7.11 Å². The van der Waals surface area contributed by atoms with Gasteiger partial charge in [-0.3, -0.25) is 4.79 Å². The van der Waals surface area contributed by atoms with Crippen LogP contribution in [0.5, 0.6) is 5.75 Å². The van der Waals surface area contributed by atoms with E-state index in [0.29, 0.717) is 27.8 Å². The second-order valence-electron chi connectivity index (χ2n) is 4.96. The zero-order chi connectivity index (χ0) is 15.6. The van der Waals surface area contributed by atoms with Crippen molar-refractivity contribution in [1.82, 2.24) is 4.57 Å². The van der Waals surface area contributed by atoms with Gasteiger partial charge < -0.3 is 20.4 Å². The number of aromatic nitrogens is 1. The van der Waals surface area contributed by atoms with Crippen molar-refractivity contribution in [2.24, 2.45) is 0 Å². The fourth-order valence-corrected chi connectivity index (χ4v) is 2.25. The molecule has 2 rings (SSSR count). The number of amides is 1. The third-order valence-corrected chi connectivity index (χ3v) is 3.30. The largest absolute Gasteiger partial charge is 0.495 e. The molecular weight excluding hydrogens is 290 g/mol. The fraction of sp³-hybridized carbons (Fsp3) is 0.267. The Balaban J connectivity index is 2.32. The topological polar surface area (TPSA) is 69.3 Å². The molecule has 0 saturated heterocycles. The summed E-state index contributed by atoms with van der Waals surface area (Å²) < 4.78 is 7.04. The molecule has 0 atom stereocenters. The van der Waals surface area contributed by atoms with Gasteiger partial charge in [-0.15, -0.1) is 0 Å². The van der Waals surface area contributed by atoms with Gasteiger partial charge in [0.25, 0.3) is 5.91 Å². The molecule has 0 bridgehead atoms. The van der Waals surface area contributed by atoms with E-state index >= 15 is 0 Å². The van der Waals surface area contributed by atoms with E-state index in [-0.39, 0.29) is 11.9 Å². The van der Waals surface area contributed by atoms with Crippen LogP contribution in [0, 0.1) is 0 Å². The molecule has 0 fully saturated rings. The number of carbonyl (C=O) groups is 1. The number of hydrogen-bond acceptors (Lipinski definition) is 3. The van der Waals surface area contributed by atoms with Crippen LogP contribution in [0.25, 0.3) is 0 Å². The molecule has 1 aromatic heterocycles. The highest BCUT2D eigenvalue weighted by molar-refractivity contribution is 6.31. The van der Waals surface area contributed by atoms with Gasteiger partial charge in [0.1, 0.15) is 11.4 Å². The number of hydrogen-bond donors (Lipinski definition) is 2. The minimum absolute atomic E-state index is 0.129. The first-order valence-electron chi connectivity index (χ1n) is 6.54. The van der Waals surface area contributed by atoms with E-state index in [1.54, 1.807) is 30.5 Å². The third kappa shape index (κ3) is 3.31. The molecule has 0 spiro atoms. The molecule has 112 valence electrons. The standard InChI is InChI=1S/C15H18ClN3O2/c1-9(2)19-8-11(17)7-13(19)15(20)18-12-6-10(16)4-5-14(12)21-3/h4-9H,17H2,1-3H3,(H,18,20). The summed E-state index contributed by atoms with van der Waals surface area (Å²) in [5, 5.41) is 3.32. The number of nitrogen functional groups attached to an aromatic ring is 1. The van der Waals surface area contributed by atoms with Gasteiger partial charge in [0, 0.05) is 17.3 Å². The van der Waals surface area contributed by atoms with Crippen LogP contribution in [0.2, 0.25) is 5.02 Å². The van der Waals surface area contributed by atoms with E-state index in [0.717, 1.165) is 0 Å². The minimum atomic E-state index is -0.263. The van der Waals surface area contributed by atoms with Gasteiger partial charge in [-0.05, 0) is 38.1 Å². The van der Waals surface area contributed by atoms with Crippen molar-refractivity contribution < 1.29 is 9.53 Å². The molecule has 0 saturated carbocycles. The van der Waals surface area contributed by atoms with Crippen molar-refractivity contribution >= 4 is 28.9 Å². The first kappa shape index (κ1) is 15.3. The predicted molar refractivity (Wildman–Crippen MR) is 85.2 cm³/mol. The lowest BCUT2D eigenvalue weighted by molar-refractivity contribution is 0.101. The highest BCUT2D eigenvalue weighted by Gasteiger charge is 2.16. The van der Waals surface area contributed by atoms with Crippen LogP contribution in [0.1, 0.15) is 30.4 Å². The van der Waals surface area contributed by atoms with Gasteiger partial charge in [-0.2, -0.15) is 0 Å². The van der Waals surface area contributed by atoms with Crippen LogP contribution in [-0.2, 0) is 0 Å². The summed E-state index contributed by atoms with van der Waals surface area (Å²) in [6.45, 7) is 3.96. The van der Waals surface area contributed by atoms with Crippen molar-refractivity contribution in [3.8, 4) is 5.75 Å². The lowest BCUT2D eigenvalue weighted by Gasteiger charge is -2.14. The van der Waals surface area contributed by atoms with Gasteiger partial charge in [0.15, 0.2) is 0 Å². The summed E-state index contributed by atoms with van der Waals surface area (Å²) in [5.41, 5.74) is 7.34. The average Bonchev–Trinajstić information content (AvgIpc) is 2.81. The zero-order valence-corrected chi connectivity index (χ0v) is 12.9. The van der Waals surface area contributed by atoms with Gasteiger partial charge >= 0.3 is 0 Å². The van der Waals surface area contributed by atoms with E-state index in [1.807, 2.05) is 18.4 Å². The smallest absolute Gasteiger partial charge is 0.272 e.